The summed E-state index contributed by atoms with van der Waals surface area (Å²) in [6.07, 6.45) is 2.89. The van der Waals surface area contributed by atoms with Gasteiger partial charge in [0.2, 0.25) is 11.8 Å². The zero-order valence-corrected chi connectivity index (χ0v) is 17.3. The highest BCUT2D eigenvalue weighted by Crippen LogP contribution is 2.32. The Balaban J connectivity index is 1.71. The Morgan fingerprint density at radius 1 is 1.22 bits per heavy atom. The summed E-state index contributed by atoms with van der Waals surface area (Å²) in [5.41, 5.74) is 13.7. The van der Waals surface area contributed by atoms with Gasteiger partial charge in [-0.3, -0.25) is 4.79 Å². The van der Waals surface area contributed by atoms with Gasteiger partial charge in [0.15, 0.2) is 11.6 Å². The van der Waals surface area contributed by atoms with E-state index in [0.29, 0.717) is 39.5 Å². The summed E-state index contributed by atoms with van der Waals surface area (Å²) in [6, 6.07) is 11.9. The van der Waals surface area contributed by atoms with Crippen LogP contribution in [0.1, 0.15) is 29.1 Å². The highest BCUT2D eigenvalue weighted by molar-refractivity contribution is 5.97. The van der Waals surface area contributed by atoms with Crippen LogP contribution < -0.4 is 20.9 Å². The summed E-state index contributed by atoms with van der Waals surface area (Å²) in [4.78, 5) is 20.4. The van der Waals surface area contributed by atoms with Crippen molar-refractivity contribution in [2.24, 2.45) is 5.73 Å². The highest BCUT2D eigenvalue weighted by Gasteiger charge is 2.19. The number of rotatable bonds is 8. The Bertz CT molecular complexity index is 1260. The molecule has 0 aliphatic carbocycles. The Labute approximate surface area is 183 Å². The Kier molecular flexibility index (Phi) is 5.86. The van der Waals surface area contributed by atoms with Crippen LogP contribution in [0.2, 0.25) is 0 Å². The fourth-order valence-corrected chi connectivity index (χ4v) is 3.25. The molecule has 0 aliphatic heterocycles. The summed E-state index contributed by atoms with van der Waals surface area (Å²) in [7, 11) is 0. The van der Waals surface area contributed by atoms with E-state index >= 15 is 0 Å². The van der Waals surface area contributed by atoms with Crippen molar-refractivity contribution in [2.75, 3.05) is 18.9 Å². The number of amides is 1. The maximum atomic E-state index is 11.5. The molecule has 0 fully saturated rings. The molecule has 32 heavy (non-hydrogen) atoms. The number of aliphatic hydroxyl groups excluding tert-OH is 1. The molecule has 0 bridgehead atoms. The van der Waals surface area contributed by atoms with Gasteiger partial charge in [-0.15, -0.1) is 0 Å². The third-order valence-electron chi connectivity index (χ3n) is 4.75. The molecule has 164 valence electrons. The van der Waals surface area contributed by atoms with Crippen molar-refractivity contribution < 1.29 is 19.4 Å². The molecule has 0 radical (unpaired) electrons. The molecular formula is C22H22N6O4. The average molecular weight is 434 g/mol. The first-order valence-corrected chi connectivity index (χ1v) is 9.87. The number of benzene rings is 1. The van der Waals surface area contributed by atoms with Gasteiger partial charge in [0.25, 0.3) is 0 Å². The maximum Gasteiger partial charge on any atom is 0.248 e. The van der Waals surface area contributed by atoms with Crippen molar-refractivity contribution in [1.29, 1.82) is 0 Å². The summed E-state index contributed by atoms with van der Waals surface area (Å²) >= 11 is 0. The van der Waals surface area contributed by atoms with Gasteiger partial charge in [-0.25, -0.2) is 14.6 Å². The van der Waals surface area contributed by atoms with Gasteiger partial charge in [-0.2, -0.15) is 5.10 Å². The Morgan fingerprint density at radius 2 is 2.06 bits per heavy atom. The second-order valence-corrected chi connectivity index (χ2v) is 6.98. The largest absolute Gasteiger partial charge is 0.480 e. The number of ether oxygens (including phenoxy) is 2. The number of carbonyl (C=O) groups is 1. The van der Waals surface area contributed by atoms with Crippen molar-refractivity contribution in [2.45, 2.75) is 13.0 Å². The van der Waals surface area contributed by atoms with Crippen LogP contribution in [0.15, 0.2) is 54.9 Å². The minimum Gasteiger partial charge on any atom is -0.480 e. The molecule has 5 N–H and O–H groups in total. The molecule has 0 spiro atoms. The number of hydrogen-bond acceptors (Lipinski definition) is 8. The molecule has 0 saturated heterocycles. The maximum absolute atomic E-state index is 11.5. The van der Waals surface area contributed by atoms with Crippen molar-refractivity contribution in [3.63, 3.8) is 0 Å². The summed E-state index contributed by atoms with van der Waals surface area (Å²) in [6.45, 7) is 1.80. The number of nitrogens with zero attached hydrogens (tertiary/aromatic N) is 4. The van der Waals surface area contributed by atoms with Gasteiger partial charge in [0.1, 0.15) is 18.4 Å². The molecule has 0 aliphatic rings. The van der Waals surface area contributed by atoms with E-state index in [1.54, 1.807) is 53.5 Å². The lowest BCUT2D eigenvalue weighted by molar-refractivity contribution is 0.100. The molecule has 10 nitrogen and oxygen atoms in total. The van der Waals surface area contributed by atoms with Crippen LogP contribution in [-0.2, 0) is 0 Å². The van der Waals surface area contributed by atoms with Crippen molar-refractivity contribution in [3.05, 3.63) is 66.1 Å². The second-order valence-electron chi connectivity index (χ2n) is 6.98. The zero-order valence-electron chi connectivity index (χ0n) is 17.3. The molecule has 1 amide bonds. The zero-order chi connectivity index (χ0) is 22.7. The third kappa shape index (κ3) is 4.30. The summed E-state index contributed by atoms with van der Waals surface area (Å²) < 4.78 is 13.2. The predicted octanol–water partition coefficient (Wildman–Crippen LogP) is 2.01. The molecule has 4 rings (SSSR count). The number of pyridine rings is 2. The number of nitrogen functional groups attached to an aromatic ring is 1. The molecular weight excluding hydrogens is 412 g/mol. The lowest BCUT2D eigenvalue weighted by atomic mass is 10.1. The minimum atomic E-state index is -0.562. The number of nitrogens with two attached hydrogens (primary N) is 2. The van der Waals surface area contributed by atoms with Crippen LogP contribution in [0.3, 0.4) is 0 Å². The van der Waals surface area contributed by atoms with Crippen molar-refractivity contribution in [3.8, 4) is 17.3 Å². The molecule has 0 saturated carbocycles. The van der Waals surface area contributed by atoms with Crippen molar-refractivity contribution in [1.82, 2.24) is 19.7 Å². The Morgan fingerprint density at radius 3 is 2.78 bits per heavy atom. The second kappa shape index (κ2) is 8.90. The first kappa shape index (κ1) is 21.1. The van der Waals surface area contributed by atoms with E-state index in [1.165, 1.54) is 0 Å². The van der Waals surface area contributed by atoms with E-state index in [9.17, 15) is 4.79 Å². The van der Waals surface area contributed by atoms with Crippen LogP contribution in [0.25, 0.3) is 16.6 Å². The van der Waals surface area contributed by atoms with Crippen LogP contribution in [0, 0.1) is 0 Å². The quantitative estimate of drug-likeness (QED) is 0.381. The number of anilines is 1. The van der Waals surface area contributed by atoms with Gasteiger partial charge < -0.3 is 26.0 Å². The van der Waals surface area contributed by atoms with Crippen LogP contribution in [0.4, 0.5) is 5.82 Å². The lowest BCUT2D eigenvalue weighted by Gasteiger charge is -2.19. The Hall–Kier alpha value is -4.18. The topological polar surface area (TPSA) is 151 Å². The summed E-state index contributed by atoms with van der Waals surface area (Å²) in [5, 5.41) is 14.0. The predicted molar refractivity (Wildman–Crippen MR) is 118 cm³/mol. The average Bonchev–Trinajstić information content (AvgIpc) is 3.32. The monoisotopic (exact) mass is 434 g/mol. The standard InChI is InChI=1S/C22H22N6O4/c1-13(20-17(28-8-2-7-25-28)5-6-19(27-20)31-10-9-29)32-18-12-15-11-14(22(24)30)3-4-16(15)26-21(18)23/h2-8,11-13,29H,9-10H2,1H3,(H2,23,26)(H2,24,30)/t13-/m0/s1. The molecule has 4 aromatic rings. The van der Waals surface area contributed by atoms with Crippen molar-refractivity contribution >= 4 is 22.6 Å². The SMILES string of the molecule is C[C@H](Oc1cc2cc(C(N)=O)ccc2nc1N)c1nc(OCCO)ccc1-n1cccn1. The smallest absolute Gasteiger partial charge is 0.248 e. The first-order chi connectivity index (χ1) is 15.5. The number of primary amides is 1. The fourth-order valence-electron chi connectivity index (χ4n) is 3.25. The van der Waals surface area contributed by atoms with E-state index in [0.717, 1.165) is 0 Å². The number of aliphatic hydroxyl groups is 1. The van der Waals surface area contributed by atoms with Gasteiger partial charge >= 0.3 is 0 Å². The normalized spacial score (nSPS) is 11.9. The molecule has 1 atom stereocenters. The van der Waals surface area contributed by atoms with E-state index in [1.807, 2.05) is 13.0 Å². The highest BCUT2D eigenvalue weighted by atomic mass is 16.5. The number of hydrogen-bond donors (Lipinski definition) is 3. The first-order valence-electron chi connectivity index (χ1n) is 9.87. The van der Waals surface area contributed by atoms with Gasteiger partial charge in [-0.05, 0) is 43.3 Å². The van der Waals surface area contributed by atoms with Gasteiger partial charge in [0, 0.05) is 29.4 Å². The number of aromatic nitrogens is 4. The van der Waals surface area contributed by atoms with Crippen LogP contribution in [-0.4, -0.2) is 44.0 Å². The molecule has 3 aromatic heterocycles. The van der Waals surface area contributed by atoms with E-state index in [2.05, 4.69) is 15.1 Å². The van der Waals surface area contributed by atoms with E-state index in [4.69, 9.17) is 26.0 Å². The lowest BCUT2D eigenvalue weighted by Crippen LogP contribution is -2.14. The molecule has 3 heterocycles. The van der Waals surface area contributed by atoms with E-state index in [-0.39, 0.29) is 19.0 Å². The molecule has 1 aromatic carbocycles. The minimum absolute atomic E-state index is 0.118. The number of fused-ring (bicyclic) bond motifs is 1. The van der Waals surface area contributed by atoms with Crippen LogP contribution in [0.5, 0.6) is 11.6 Å². The molecule has 10 heteroatoms. The molecule has 0 unspecified atom stereocenters. The van der Waals surface area contributed by atoms with Gasteiger partial charge in [0.05, 0.1) is 17.8 Å². The van der Waals surface area contributed by atoms with Gasteiger partial charge in [-0.1, -0.05) is 0 Å². The summed E-state index contributed by atoms with van der Waals surface area (Å²) in [5.74, 6) is 0.342. The van der Waals surface area contributed by atoms with Crippen LogP contribution >= 0.6 is 0 Å². The third-order valence-corrected chi connectivity index (χ3v) is 4.75. The van der Waals surface area contributed by atoms with E-state index < -0.39 is 12.0 Å². The fraction of sp³-hybridized carbons (Fsp3) is 0.182. The number of carbonyl (C=O) groups excluding carboxylic acids is 1.